The number of aliphatic hydroxyl groups is 1. The summed E-state index contributed by atoms with van der Waals surface area (Å²) in [5.41, 5.74) is 2.70. The Morgan fingerprint density at radius 3 is 2.67 bits per heavy atom. The molecule has 4 atom stereocenters. The Kier molecular flexibility index (Phi) is 8.60. The number of amides is 2. The molecule has 2 aromatic carbocycles. The molecule has 0 radical (unpaired) electrons. The van der Waals surface area contributed by atoms with Gasteiger partial charge in [-0.05, 0) is 69.3 Å². The van der Waals surface area contributed by atoms with Crippen LogP contribution in [0.2, 0.25) is 0 Å². The molecule has 9 heteroatoms. The second-order valence-electron chi connectivity index (χ2n) is 10.4. The number of hydrogen-bond acceptors (Lipinski definition) is 7. The number of rotatable bonds is 9. The number of nitrogens with one attached hydrogen (secondary N) is 2. The third-order valence-corrected chi connectivity index (χ3v) is 8.69. The molecule has 0 spiro atoms. The normalized spacial score (nSPS) is 20.5. The second-order valence-corrected chi connectivity index (χ2v) is 11.3. The van der Waals surface area contributed by atoms with Crippen LogP contribution in [0.1, 0.15) is 68.7 Å². The molecular formula is C30H36N4O4S. The topological polar surface area (TPSA) is 104 Å². The van der Waals surface area contributed by atoms with Crippen LogP contribution in [0.3, 0.4) is 0 Å². The van der Waals surface area contributed by atoms with Gasteiger partial charge in [-0.1, -0.05) is 30.3 Å². The summed E-state index contributed by atoms with van der Waals surface area (Å²) in [6.45, 7) is 3.45. The van der Waals surface area contributed by atoms with Crippen molar-refractivity contribution in [1.29, 1.82) is 0 Å². The Bertz CT molecular complexity index is 1290. The van der Waals surface area contributed by atoms with Crippen LogP contribution in [0, 0.1) is 6.92 Å². The fourth-order valence-electron chi connectivity index (χ4n) is 5.59. The van der Waals surface area contributed by atoms with Crippen LogP contribution >= 0.6 is 11.3 Å². The zero-order chi connectivity index (χ0) is 27.4. The number of ether oxygens (including phenoxy) is 1. The molecule has 2 amide bonds. The molecule has 39 heavy (non-hydrogen) atoms. The predicted molar refractivity (Wildman–Crippen MR) is 151 cm³/mol. The number of thiazole rings is 1. The maximum atomic E-state index is 13.7. The van der Waals surface area contributed by atoms with E-state index >= 15 is 0 Å². The summed E-state index contributed by atoms with van der Waals surface area (Å²) in [4.78, 5) is 33.8. The number of carbonyl (C=O) groups is 2. The number of aromatic nitrogens is 1. The van der Waals surface area contributed by atoms with Crippen molar-refractivity contribution in [2.75, 3.05) is 20.2 Å². The minimum atomic E-state index is -0.754. The van der Waals surface area contributed by atoms with Crippen molar-refractivity contribution in [3.05, 3.63) is 81.3 Å². The van der Waals surface area contributed by atoms with E-state index in [0.717, 1.165) is 48.5 Å². The molecule has 3 heterocycles. The average molecular weight is 549 g/mol. The van der Waals surface area contributed by atoms with Gasteiger partial charge in [-0.25, -0.2) is 4.98 Å². The van der Waals surface area contributed by atoms with E-state index in [-0.39, 0.29) is 23.9 Å². The van der Waals surface area contributed by atoms with Crippen molar-refractivity contribution in [3.8, 4) is 5.75 Å². The van der Waals surface area contributed by atoms with Gasteiger partial charge in [0.05, 0.1) is 25.3 Å². The number of methoxy groups -OCH3 is 1. The number of nitrogens with zero attached hydrogens (tertiary/aromatic N) is 2. The van der Waals surface area contributed by atoms with Gasteiger partial charge >= 0.3 is 0 Å². The first-order valence-corrected chi connectivity index (χ1v) is 14.5. The third kappa shape index (κ3) is 6.32. The minimum absolute atomic E-state index is 0.0658. The zero-order valence-electron chi connectivity index (χ0n) is 22.4. The van der Waals surface area contributed by atoms with Gasteiger partial charge in [0.15, 0.2) is 0 Å². The van der Waals surface area contributed by atoms with Gasteiger partial charge in [0.25, 0.3) is 11.8 Å². The Morgan fingerprint density at radius 2 is 1.97 bits per heavy atom. The summed E-state index contributed by atoms with van der Waals surface area (Å²) in [7, 11) is 1.52. The summed E-state index contributed by atoms with van der Waals surface area (Å²) in [6, 6.07) is 14.1. The molecular weight excluding hydrogens is 512 g/mol. The smallest absolute Gasteiger partial charge is 0.254 e. The van der Waals surface area contributed by atoms with E-state index in [1.54, 1.807) is 29.5 Å². The maximum Gasteiger partial charge on any atom is 0.254 e. The van der Waals surface area contributed by atoms with E-state index in [9.17, 15) is 14.7 Å². The fraction of sp³-hybridized carbons (Fsp3) is 0.433. The highest BCUT2D eigenvalue weighted by Crippen LogP contribution is 2.35. The fourth-order valence-corrected chi connectivity index (χ4v) is 6.53. The van der Waals surface area contributed by atoms with Crippen molar-refractivity contribution < 1.29 is 19.4 Å². The lowest BCUT2D eigenvalue weighted by Gasteiger charge is -2.29. The van der Waals surface area contributed by atoms with E-state index in [0.29, 0.717) is 29.8 Å². The lowest BCUT2D eigenvalue weighted by molar-refractivity contribution is 0.0733. The highest BCUT2D eigenvalue weighted by molar-refractivity contribution is 7.09. The van der Waals surface area contributed by atoms with Crippen molar-refractivity contribution >= 4 is 23.2 Å². The summed E-state index contributed by atoms with van der Waals surface area (Å²) in [6.07, 6.45) is 3.36. The van der Waals surface area contributed by atoms with Gasteiger partial charge in [-0.2, -0.15) is 0 Å². The van der Waals surface area contributed by atoms with Gasteiger partial charge in [-0.3, -0.25) is 9.59 Å². The number of hydrogen-bond donors (Lipinski definition) is 3. The highest BCUT2D eigenvalue weighted by atomic mass is 32.1. The van der Waals surface area contributed by atoms with E-state index in [4.69, 9.17) is 4.74 Å². The molecule has 0 bridgehead atoms. The van der Waals surface area contributed by atoms with E-state index in [1.165, 1.54) is 7.11 Å². The molecule has 1 aromatic heterocycles. The highest BCUT2D eigenvalue weighted by Gasteiger charge is 2.34. The first-order valence-electron chi connectivity index (χ1n) is 13.6. The van der Waals surface area contributed by atoms with Gasteiger partial charge in [0.2, 0.25) is 0 Å². The second kappa shape index (κ2) is 12.3. The predicted octanol–water partition coefficient (Wildman–Crippen LogP) is 3.89. The molecule has 8 nitrogen and oxygen atoms in total. The van der Waals surface area contributed by atoms with E-state index in [2.05, 4.69) is 15.6 Å². The quantitative estimate of drug-likeness (QED) is 0.375. The van der Waals surface area contributed by atoms with Crippen LogP contribution in [0.25, 0.3) is 0 Å². The summed E-state index contributed by atoms with van der Waals surface area (Å²) in [5.74, 6) is -0.0618. The third-order valence-electron chi connectivity index (χ3n) is 7.62. The van der Waals surface area contributed by atoms with Crippen LogP contribution < -0.4 is 15.4 Å². The molecule has 3 N–H and O–H groups in total. The van der Waals surface area contributed by atoms with Crippen LogP contribution in [-0.4, -0.2) is 65.2 Å². The van der Waals surface area contributed by atoms with Crippen LogP contribution in [0.4, 0.5) is 0 Å². The molecule has 2 saturated heterocycles. The first kappa shape index (κ1) is 27.3. The van der Waals surface area contributed by atoms with Gasteiger partial charge in [0.1, 0.15) is 10.8 Å². The molecule has 0 saturated carbocycles. The Morgan fingerprint density at radius 1 is 1.18 bits per heavy atom. The number of benzene rings is 2. The first-order chi connectivity index (χ1) is 18.9. The minimum Gasteiger partial charge on any atom is -0.497 e. The van der Waals surface area contributed by atoms with Crippen molar-refractivity contribution in [3.63, 3.8) is 0 Å². The van der Waals surface area contributed by atoms with Crippen molar-refractivity contribution in [1.82, 2.24) is 20.5 Å². The lowest BCUT2D eigenvalue weighted by Crippen LogP contribution is -2.52. The lowest BCUT2D eigenvalue weighted by atomic mass is 9.95. The van der Waals surface area contributed by atoms with Crippen LogP contribution in [0.15, 0.2) is 53.9 Å². The maximum absolute atomic E-state index is 13.7. The average Bonchev–Trinajstić information content (AvgIpc) is 3.74. The number of aliphatic hydroxyl groups excluding tert-OH is 1. The Labute approximate surface area is 233 Å². The SMILES string of the molecule is COc1cc(C(=O)N[C@@H](Cc2ccccc2)[C@@H](O)[C@H]2CCCN2)cc(C(=O)N2CCC[C@@H]2c2nc(C)cs2)c1. The standard InChI is InChI=1S/C30H36N4O4S/c1-19-18-39-29(32-19)26-11-7-13-34(26)30(37)22-15-21(16-23(17-22)38-2)28(36)33-25(14-20-8-4-3-5-9-20)27(35)24-10-6-12-31-24/h3-5,8-9,15-18,24-27,31,35H,6-7,10-14H2,1-2H3,(H,33,36)/t24-,25+,26-,27+/m1/s1. The van der Waals surface area contributed by atoms with E-state index in [1.807, 2.05) is 47.5 Å². The monoisotopic (exact) mass is 548 g/mol. The largest absolute Gasteiger partial charge is 0.497 e. The van der Waals surface area contributed by atoms with Gasteiger partial charge in [0, 0.05) is 34.8 Å². The molecule has 206 valence electrons. The number of aryl methyl sites for hydroxylation is 1. The molecule has 2 aliphatic heterocycles. The van der Waals surface area contributed by atoms with Crippen LogP contribution in [-0.2, 0) is 6.42 Å². The Hall–Kier alpha value is -3.27. The molecule has 2 aliphatic rings. The van der Waals surface area contributed by atoms with Gasteiger partial charge in [-0.15, -0.1) is 11.3 Å². The number of carbonyl (C=O) groups excluding carboxylic acids is 2. The summed E-state index contributed by atoms with van der Waals surface area (Å²) in [5, 5.41) is 20.6. The molecule has 5 rings (SSSR count). The van der Waals surface area contributed by atoms with Gasteiger partial charge < -0.3 is 25.4 Å². The molecule has 3 aromatic rings. The van der Waals surface area contributed by atoms with Crippen molar-refractivity contribution in [2.24, 2.45) is 0 Å². The molecule has 0 aliphatic carbocycles. The van der Waals surface area contributed by atoms with Crippen LogP contribution in [0.5, 0.6) is 5.75 Å². The summed E-state index contributed by atoms with van der Waals surface area (Å²) < 4.78 is 5.48. The Balaban J connectivity index is 1.38. The summed E-state index contributed by atoms with van der Waals surface area (Å²) >= 11 is 1.58. The van der Waals surface area contributed by atoms with E-state index < -0.39 is 12.1 Å². The van der Waals surface area contributed by atoms with Crippen molar-refractivity contribution in [2.45, 2.75) is 63.3 Å². The zero-order valence-corrected chi connectivity index (χ0v) is 23.2. The number of likely N-dealkylation sites (tertiary alicyclic amines) is 1. The molecule has 0 unspecified atom stereocenters. The molecule has 2 fully saturated rings.